The molecule has 0 fully saturated rings. The van der Waals surface area contributed by atoms with E-state index in [1.54, 1.807) is 0 Å². The molecule has 1 N–H and O–H groups in total. The number of aliphatic hydroxyl groups is 1. The molecule has 0 aliphatic heterocycles. The van der Waals surface area contributed by atoms with Crippen LogP contribution in [0.2, 0.25) is 0 Å². The van der Waals surface area contributed by atoms with Crippen molar-refractivity contribution in [3.8, 4) is 0 Å². The van der Waals surface area contributed by atoms with Crippen LogP contribution < -0.4 is 0 Å². The molecule has 0 aromatic heterocycles. The fourth-order valence-electron chi connectivity index (χ4n) is 2.78. The molecule has 0 spiro atoms. The average Bonchev–Trinajstić information content (AvgIpc) is 2.94. The summed E-state index contributed by atoms with van der Waals surface area (Å²) in [5.41, 5.74) is 1.13. The number of carbonyl (C=O) groups excluding carboxylic acids is 1. The van der Waals surface area contributed by atoms with Crippen molar-refractivity contribution in [2.24, 2.45) is 5.92 Å². The van der Waals surface area contributed by atoms with E-state index in [4.69, 9.17) is 0 Å². The maximum atomic E-state index is 11.0. The van der Waals surface area contributed by atoms with Crippen molar-refractivity contribution in [2.45, 2.75) is 64.4 Å². The number of carbonyl (C=O) groups is 1. The molecule has 1 unspecified atom stereocenters. The van der Waals surface area contributed by atoms with E-state index in [-0.39, 0.29) is 5.97 Å². The van der Waals surface area contributed by atoms with Crippen molar-refractivity contribution >= 4 is 5.97 Å². The number of hydrogen-bond acceptors (Lipinski definition) is 3. The quantitative estimate of drug-likeness (QED) is 0.333. The van der Waals surface area contributed by atoms with Crippen LogP contribution in [0.15, 0.2) is 48.1 Å². The zero-order valence-corrected chi connectivity index (χ0v) is 15.1. The molecule has 1 aliphatic carbocycles. The smallest absolute Gasteiger partial charge is 0.305 e. The van der Waals surface area contributed by atoms with Gasteiger partial charge in [0.15, 0.2) is 0 Å². The van der Waals surface area contributed by atoms with E-state index in [9.17, 15) is 9.90 Å². The Morgan fingerprint density at radius 3 is 2.62 bits per heavy atom. The van der Waals surface area contributed by atoms with Gasteiger partial charge in [-0.05, 0) is 50.5 Å². The zero-order valence-electron chi connectivity index (χ0n) is 15.1. The molecule has 3 nitrogen and oxygen atoms in total. The number of unbranched alkanes of at least 4 members (excludes halogenated alkanes) is 3. The van der Waals surface area contributed by atoms with Gasteiger partial charge in [0.2, 0.25) is 0 Å². The Bertz CT molecular complexity index is 471. The van der Waals surface area contributed by atoms with Gasteiger partial charge in [0.05, 0.1) is 13.2 Å². The third kappa shape index (κ3) is 8.30. The monoisotopic (exact) mass is 332 g/mol. The summed E-state index contributed by atoms with van der Waals surface area (Å²) in [5.74, 6) is 0.160. The SMILES string of the molecule is CC/C=C\CCC/C=C1/C(O)C=C[C@@H]1C/C=C\CCCC(=O)OC. The summed E-state index contributed by atoms with van der Waals surface area (Å²) in [6.07, 6.45) is 21.9. The minimum Gasteiger partial charge on any atom is -0.469 e. The fourth-order valence-corrected chi connectivity index (χ4v) is 2.78. The Kier molecular flexibility index (Phi) is 10.9. The van der Waals surface area contributed by atoms with Gasteiger partial charge in [-0.15, -0.1) is 0 Å². The van der Waals surface area contributed by atoms with Crippen LogP contribution in [0.25, 0.3) is 0 Å². The Balaban J connectivity index is 2.30. The van der Waals surface area contributed by atoms with E-state index in [1.807, 2.05) is 6.08 Å². The summed E-state index contributed by atoms with van der Waals surface area (Å²) in [6, 6.07) is 0. The third-order valence-corrected chi connectivity index (χ3v) is 4.19. The van der Waals surface area contributed by atoms with Crippen LogP contribution in [-0.2, 0) is 9.53 Å². The van der Waals surface area contributed by atoms with Crippen molar-refractivity contribution in [3.05, 3.63) is 48.1 Å². The van der Waals surface area contributed by atoms with E-state index in [0.29, 0.717) is 12.3 Å². The van der Waals surface area contributed by atoms with E-state index in [1.165, 1.54) is 7.11 Å². The van der Waals surface area contributed by atoms with E-state index in [2.05, 4.69) is 48.1 Å². The molecule has 3 heteroatoms. The average molecular weight is 332 g/mol. The van der Waals surface area contributed by atoms with Gasteiger partial charge in [-0.3, -0.25) is 4.79 Å². The van der Waals surface area contributed by atoms with Crippen LogP contribution in [0.4, 0.5) is 0 Å². The molecule has 0 amide bonds. The first-order valence-corrected chi connectivity index (χ1v) is 9.12. The Morgan fingerprint density at radius 1 is 1.12 bits per heavy atom. The van der Waals surface area contributed by atoms with Gasteiger partial charge >= 0.3 is 5.97 Å². The number of ether oxygens (including phenoxy) is 1. The summed E-state index contributed by atoms with van der Waals surface area (Å²) < 4.78 is 4.62. The van der Waals surface area contributed by atoms with E-state index < -0.39 is 6.10 Å². The second kappa shape index (κ2) is 12.8. The summed E-state index contributed by atoms with van der Waals surface area (Å²) in [7, 11) is 1.42. The molecule has 0 saturated carbocycles. The molecular formula is C21H32O3. The summed E-state index contributed by atoms with van der Waals surface area (Å²) in [6.45, 7) is 2.15. The largest absolute Gasteiger partial charge is 0.469 e. The molecule has 0 heterocycles. The molecule has 0 bridgehead atoms. The molecule has 1 aliphatic rings. The predicted molar refractivity (Wildman–Crippen MR) is 99.6 cm³/mol. The van der Waals surface area contributed by atoms with Crippen LogP contribution in [-0.4, -0.2) is 24.3 Å². The van der Waals surface area contributed by atoms with E-state index >= 15 is 0 Å². The standard InChI is InChI=1S/C21H32O3/c1-3-4-5-6-7-11-14-19-18(16-17-20(19)22)13-10-8-9-12-15-21(23)24-2/h4-5,8,10,14,16-18,20,22H,3,6-7,9,11-13,15H2,1-2H3/b5-4-,10-8-,19-14+/t18-,20?/m0/s1. The van der Waals surface area contributed by atoms with Crippen molar-refractivity contribution in [1.29, 1.82) is 0 Å². The second-order valence-electron chi connectivity index (χ2n) is 6.13. The normalized spacial score (nSPS) is 22.2. The van der Waals surface area contributed by atoms with Gasteiger partial charge in [0.25, 0.3) is 0 Å². The number of rotatable bonds is 11. The van der Waals surface area contributed by atoms with Crippen LogP contribution in [0.3, 0.4) is 0 Å². The van der Waals surface area contributed by atoms with Gasteiger partial charge in [-0.1, -0.05) is 49.5 Å². The number of allylic oxidation sites excluding steroid dienone is 6. The predicted octanol–water partition coefficient (Wildman–Crippen LogP) is 4.89. The highest BCUT2D eigenvalue weighted by Gasteiger charge is 2.21. The molecule has 1 rings (SSSR count). The minimum absolute atomic E-state index is 0.149. The maximum absolute atomic E-state index is 11.0. The topological polar surface area (TPSA) is 46.5 Å². The number of esters is 1. The summed E-state index contributed by atoms with van der Waals surface area (Å²) >= 11 is 0. The fraction of sp³-hybridized carbons (Fsp3) is 0.571. The highest BCUT2D eigenvalue weighted by Crippen LogP contribution is 2.29. The Hall–Kier alpha value is -1.61. The maximum Gasteiger partial charge on any atom is 0.305 e. The second-order valence-corrected chi connectivity index (χ2v) is 6.13. The first-order valence-electron chi connectivity index (χ1n) is 9.12. The molecular weight excluding hydrogens is 300 g/mol. The van der Waals surface area contributed by atoms with E-state index in [0.717, 1.165) is 50.5 Å². The van der Waals surface area contributed by atoms with Crippen molar-refractivity contribution in [2.75, 3.05) is 7.11 Å². The summed E-state index contributed by atoms with van der Waals surface area (Å²) in [5, 5.41) is 10.1. The Labute approximate surface area is 146 Å². The van der Waals surface area contributed by atoms with Gasteiger partial charge in [-0.2, -0.15) is 0 Å². The Morgan fingerprint density at radius 2 is 1.88 bits per heavy atom. The van der Waals surface area contributed by atoms with Gasteiger partial charge in [0, 0.05) is 12.3 Å². The lowest BCUT2D eigenvalue weighted by Gasteiger charge is -2.12. The van der Waals surface area contributed by atoms with Crippen LogP contribution in [0, 0.1) is 5.92 Å². The molecule has 0 aromatic rings. The van der Waals surface area contributed by atoms with Crippen molar-refractivity contribution in [1.82, 2.24) is 0 Å². The number of methoxy groups -OCH3 is 1. The lowest BCUT2D eigenvalue weighted by molar-refractivity contribution is -0.140. The van der Waals surface area contributed by atoms with Crippen molar-refractivity contribution < 1.29 is 14.6 Å². The number of aliphatic hydroxyl groups excluding tert-OH is 1. The lowest BCUT2D eigenvalue weighted by Crippen LogP contribution is -2.07. The van der Waals surface area contributed by atoms with Crippen molar-refractivity contribution in [3.63, 3.8) is 0 Å². The first-order chi connectivity index (χ1) is 11.7. The molecule has 0 radical (unpaired) electrons. The van der Waals surface area contributed by atoms with Crippen LogP contribution >= 0.6 is 0 Å². The summed E-state index contributed by atoms with van der Waals surface area (Å²) in [4.78, 5) is 11.0. The van der Waals surface area contributed by atoms with Crippen LogP contribution in [0.1, 0.15) is 58.3 Å². The highest BCUT2D eigenvalue weighted by atomic mass is 16.5. The molecule has 0 saturated heterocycles. The lowest BCUT2D eigenvalue weighted by atomic mass is 9.96. The highest BCUT2D eigenvalue weighted by molar-refractivity contribution is 5.69. The first kappa shape index (κ1) is 20.4. The molecule has 0 aromatic carbocycles. The number of hydrogen-bond donors (Lipinski definition) is 1. The van der Waals surface area contributed by atoms with Gasteiger partial charge < -0.3 is 9.84 Å². The molecule has 134 valence electrons. The third-order valence-electron chi connectivity index (χ3n) is 4.19. The zero-order chi connectivity index (χ0) is 17.6. The van der Waals surface area contributed by atoms with Crippen LogP contribution in [0.5, 0.6) is 0 Å². The molecule has 2 atom stereocenters. The van der Waals surface area contributed by atoms with Gasteiger partial charge in [0.1, 0.15) is 0 Å². The van der Waals surface area contributed by atoms with Gasteiger partial charge in [-0.25, -0.2) is 0 Å². The minimum atomic E-state index is -0.422. The molecule has 24 heavy (non-hydrogen) atoms.